The van der Waals surface area contributed by atoms with Crippen molar-refractivity contribution in [3.05, 3.63) is 77.6 Å². The van der Waals surface area contributed by atoms with Gasteiger partial charge in [-0.1, -0.05) is 59.7 Å². The molecule has 132 valence electrons. The standard InChI is InChI=1S/C22H19N5/c1-14-4-8-17(9-5-14)19-25-20(18-10-6-15(2)7-11-18)27-22(26-19)21-23-12-16(3)13-24-21/h4-13H,1-3H3. The molecule has 0 saturated carbocycles. The quantitative estimate of drug-likeness (QED) is 0.539. The van der Waals surface area contributed by atoms with Gasteiger partial charge >= 0.3 is 0 Å². The van der Waals surface area contributed by atoms with Gasteiger partial charge in [0.25, 0.3) is 0 Å². The lowest BCUT2D eigenvalue weighted by Gasteiger charge is -2.08. The molecule has 0 radical (unpaired) electrons. The van der Waals surface area contributed by atoms with Crippen molar-refractivity contribution in [3.63, 3.8) is 0 Å². The van der Waals surface area contributed by atoms with Crippen molar-refractivity contribution in [2.45, 2.75) is 20.8 Å². The summed E-state index contributed by atoms with van der Waals surface area (Å²) in [7, 11) is 0. The maximum absolute atomic E-state index is 4.70. The summed E-state index contributed by atoms with van der Waals surface area (Å²) >= 11 is 0. The van der Waals surface area contributed by atoms with E-state index in [1.54, 1.807) is 12.4 Å². The highest BCUT2D eigenvalue weighted by atomic mass is 15.1. The molecule has 5 nitrogen and oxygen atoms in total. The Labute approximate surface area is 158 Å². The average Bonchev–Trinajstić information content (AvgIpc) is 2.69. The van der Waals surface area contributed by atoms with Crippen LogP contribution in [0.5, 0.6) is 0 Å². The van der Waals surface area contributed by atoms with Crippen LogP contribution in [0.4, 0.5) is 0 Å². The Hall–Kier alpha value is -3.47. The summed E-state index contributed by atoms with van der Waals surface area (Å²) in [6, 6.07) is 16.3. The zero-order chi connectivity index (χ0) is 18.8. The van der Waals surface area contributed by atoms with E-state index in [0.29, 0.717) is 23.3 Å². The van der Waals surface area contributed by atoms with Crippen LogP contribution in [0.15, 0.2) is 60.9 Å². The Morgan fingerprint density at radius 2 is 0.852 bits per heavy atom. The molecule has 4 aromatic rings. The molecule has 2 aromatic heterocycles. The minimum absolute atomic E-state index is 0.469. The van der Waals surface area contributed by atoms with Crippen molar-refractivity contribution >= 4 is 0 Å². The number of aryl methyl sites for hydroxylation is 3. The molecule has 0 unspecified atom stereocenters. The van der Waals surface area contributed by atoms with E-state index in [0.717, 1.165) is 16.7 Å². The summed E-state index contributed by atoms with van der Waals surface area (Å²) in [5.41, 5.74) is 5.24. The topological polar surface area (TPSA) is 64.5 Å². The summed E-state index contributed by atoms with van der Waals surface area (Å²) in [5.74, 6) is 2.18. The maximum atomic E-state index is 4.70. The fourth-order valence-corrected chi connectivity index (χ4v) is 2.65. The van der Waals surface area contributed by atoms with Gasteiger partial charge in [-0.3, -0.25) is 0 Å². The first kappa shape index (κ1) is 17.0. The number of rotatable bonds is 3. The molecular weight excluding hydrogens is 334 g/mol. The second-order valence-corrected chi connectivity index (χ2v) is 6.62. The summed E-state index contributed by atoms with van der Waals surface area (Å²) in [6.45, 7) is 6.06. The van der Waals surface area contributed by atoms with Gasteiger partial charge in [0.2, 0.25) is 5.82 Å². The molecular formula is C22H19N5. The first-order valence-corrected chi connectivity index (χ1v) is 8.78. The zero-order valence-corrected chi connectivity index (χ0v) is 15.5. The summed E-state index contributed by atoms with van der Waals surface area (Å²) in [4.78, 5) is 22.7. The molecule has 0 aliphatic carbocycles. The molecule has 0 atom stereocenters. The molecule has 0 amide bonds. The van der Waals surface area contributed by atoms with Crippen LogP contribution >= 0.6 is 0 Å². The van der Waals surface area contributed by atoms with E-state index >= 15 is 0 Å². The highest BCUT2D eigenvalue weighted by molar-refractivity contribution is 5.64. The van der Waals surface area contributed by atoms with Crippen LogP contribution in [0.1, 0.15) is 16.7 Å². The number of hydrogen-bond acceptors (Lipinski definition) is 5. The molecule has 5 heteroatoms. The van der Waals surface area contributed by atoms with E-state index in [1.807, 2.05) is 55.5 Å². The van der Waals surface area contributed by atoms with E-state index in [-0.39, 0.29) is 0 Å². The van der Waals surface area contributed by atoms with Gasteiger partial charge in [-0.25, -0.2) is 24.9 Å². The zero-order valence-electron chi connectivity index (χ0n) is 15.5. The third-order valence-electron chi connectivity index (χ3n) is 4.24. The van der Waals surface area contributed by atoms with Gasteiger partial charge in [0.05, 0.1) is 0 Å². The van der Waals surface area contributed by atoms with Crippen molar-refractivity contribution in [2.24, 2.45) is 0 Å². The van der Waals surface area contributed by atoms with Gasteiger partial charge < -0.3 is 0 Å². The van der Waals surface area contributed by atoms with Crippen LogP contribution in [0.3, 0.4) is 0 Å². The van der Waals surface area contributed by atoms with E-state index in [4.69, 9.17) is 4.98 Å². The lowest BCUT2D eigenvalue weighted by Crippen LogP contribution is -2.02. The molecule has 2 aromatic carbocycles. The van der Waals surface area contributed by atoms with E-state index in [9.17, 15) is 0 Å². The van der Waals surface area contributed by atoms with Crippen molar-refractivity contribution < 1.29 is 0 Å². The predicted molar refractivity (Wildman–Crippen MR) is 106 cm³/mol. The highest BCUT2D eigenvalue weighted by Crippen LogP contribution is 2.23. The summed E-state index contributed by atoms with van der Waals surface area (Å²) in [6.07, 6.45) is 3.53. The predicted octanol–water partition coefficient (Wildman–Crippen LogP) is 4.59. The molecule has 0 fully saturated rings. The molecule has 27 heavy (non-hydrogen) atoms. The van der Waals surface area contributed by atoms with Crippen molar-refractivity contribution in [3.8, 4) is 34.4 Å². The lowest BCUT2D eigenvalue weighted by atomic mass is 10.1. The highest BCUT2D eigenvalue weighted by Gasteiger charge is 2.13. The maximum Gasteiger partial charge on any atom is 0.201 e. The second-order valence-electron chi connectivity index (χ2n) is 6.62. The lowest BCUT2D eigenvalue weighted by molar-refractivity contribution is 1.02. The summed E-state index contributed by atoms with van der Waals surface area (Å²) < 4.78 is 0. The third kappa shape index (κ3) is 3.72. The van der Waals surface area contributed by atoms with Crippen LogP contribution in [-0.2, 0) is 0 Å². The monoisotopic (exact) mass is 353 g/mol. The SMILES string of the molecule is Cc1ccc(-c2nc(-c3ccc(C)cc3)nc(-c3ncc(C)cn3)n2)cc1. The third-order valence-corrected chi connectivity index (χ3v) is 4.24. The van der Waals surface area contributed by atoms with Crippen molar-refractivity contribution in [1.29, 1.82) is 0 Å². The van der Waals surface area contributed by atoms with E-state index in [2.05, 4.69) is 33.8 Å². The second kappa shape index (κ2) is 7.03. The summed E-state index contributed by atoms with van der Waals surface area (Å²) in [5, 5.41) is 0. The number of aromatic nitrogens is 5. The minimum Gasteiger partial charge on any atom is -0.234 e. The Kier molecular flexibility index (Phi) is 4.42. The van der Waals surface area contributed by atoms with Crippen LogP contribution in [0.2, 0.25) is 0 Å². The van der Waals surface area contributed by atoms with Crippen LogP contribution in [0, 0.1) is 20.8 Å². The van der Waals surface area contributed by atoms with E-state index < -0.39 is 0 Å². The minimum atomic E-state index is 0.469. The Morgan fingerprint density at radius 3 is 1.30 bits per heavy atom. The fraction of sp³-hybridized carbons (Fsp3) is 0.136. The van der Waals surface area contributed by atoms with Gasteiger partial charge in [-0.05, 0) is 26.3 Å². The molecule has 0 aliphatic heterocycles. The van der Waals surface area contributed by atoms with Gasteiger partial charge in [-0.15, -0.1) is 0 Å². The van der Waals surface area contributed by atoms with Crippen LogP contribution in [0.25, 0.3) is 34.4 Å². The van der Waals surface area contributed by atoms with Gasteiger partial charge in [0.15, 0.2) is 17.5 Å². The molecule has 0 N–H and O–H groups in total. The van der Waals surface area contributed by atoms with Crippen molar-refractivity contribution in [2.75, 3.05) is 0 Å². The van der Waals surface area contributed by atoms with Gasteiger partial charge in [0.1, 0.15) is 0 Å². The Bertz CT molecular complexity index is 915. The van der Waals surface area contributed by atoms with Gasteiger partial charge in [-0.2, -0.15) is 0 Å². The largest absolute Gasteiger partial charge is 0.234 e. The fourth-order valence-electron chi connectivity index (χ4n) is 2.65. The van der Waals surface area contributed by atoms with E-state index in [1.165, 1.54) is 11.1 Å². The smallest absolute Gasteiger partial charge is 0.201 e. The van der Waals surface area contributed by atoms with Crippen molar-refractivity contribution in [1.82, 2.24) is 24.9 Å². The molecule has 2 heterocycles. The van der Waals surface area contributed by atoms with Crippen LogP contribution in [-0.4, -0.2) is 24.9 Å². The number of hydrogen-bond donors (Lipinski definition) is 0. The molecule has 0 spiro atoms. The number of nitrogens with zero attached hydrogens (tertiary/aromatic N) is 5. The van der Waals surface area contributed by atoms with Gasteiger partial charge in [0, 0.05) is 23.5 Å². The molecule has 0 bridgehead atoms. The van der Waals surface area contributed by atoms with Crippen LogP contribution < -0.4 is 0 Å². The first-order valence-electron chi connectivity index (χ1n) is 8.78. The molecule has 4 rings (SSSR count). The number of benzene rings is 2. The normalized spacial score (nSPS) is 10.8. The molecule has 0 aliphatic rings. The molecule has 0 saturated heterocycles. The first-order chi connectivity index (χ1) is 13.1. The Morgan fingerprint density at radius 1 is 0.444 bits per heavy atom. The average molecular weight is 353 g/mol. The Balaban J connectivity index is 1.89.